The van der Waals surface area contributed by atoms with Gasteiger partial charge in [0, 0.05) is 37.4 Å². The first-order valence-corrected chi connectivity index (χ1v) is 8.69. The molecule has 2 aliphatic heterocycles. The van der Waals surface area contributed by atoms with Gasteiger partial charge in [-0.25, -0.2) is 0 Å². The SMILES string of the molecule is O=C(CCN1CCCC1=O)N[C@@H](C[C@@H]1COc2ccccc21)B(O)O. The lowest BCUT2D eigenvalue weighted by Crippen LogP contribution is -2.48. The molecule has 134 valence electrons. The zero-order valence-electron chi connectivity index (χ0n) is 14.1. The highest BCUT2D eigenvalue weighted by molar-refractivity contribution is 6.43. The van der Waals surface area contributed by atoms with Crippen LogP contribution in [-0.2, 0) is 9.59 Å². The van der Waals surface area contributed by atoms with Gasteiger partial charge in [0.25, 0.3) is 0 Å². The van der Waals surface area contributed by atoms with Crippen molar-refractivity contribution in [3.05, 3.63) is 29.8 Å². The molecule has 1 saturated heterocycles. The maximum atomic E-state index is 12.1. The number of amides is 2. The quantitative estimate of drug-likeness (QED) is 0.607. The van der Waals surface area contributed by atoms with Crippen molar-refractivity contribution in [3.63, 3.8) is 0 Å². The summed E-state index contributed by atoms with van der Waals surface area (Å²) in [6.07, 6.45) is 1.91. The first-order valence-electron chi connectivity index (χ1n) is 8.69. The molecular formula is C17H23BN2O5. The number of hydrogen-bond acceptors (Lipinski definition) is 5. The second kappa shape index (κ2) is 7.88. The summed E-state index contributed by atoms with van der Waals surface area (Å²) in [6.45, 7) is 1.52. The van der Waals surface area contributed by atoms with Gasteiger partial charge in [0.1, 0.15) is 5.75 Å². The van der Waals surface area contributed by atoms with E-state index < -0.39 is 13.1 Å². The van der Waals surface area contributed by atoms with Gasteiger partial charge in [0.15, 0.2) is 0 Å². The van der Waals surface area contributed by atoms with Crippen LogP contribution in [0.15, 0.2) is 24.3 Å². The van der Waals surface area contributed by atoms with E-state index in [1.165, 1.54) is 0 Å². The Hall–Kier alpha value is -2.06. The van der Waals surface area contributed by atoms with Gasteiger partial charge < -0.3 is 25.0 Å². The van der Waals surface area contributed by atoms with E-state index in [0.29, 0.717) is 32.5 Å². The number of nitrogens with zero attached hydrogens (tertiary/aromatic N) is 1. The van der Waals surface area contributed by atoms with E-state index in [1.807, 2.05) is 24.3 Å². The third kappa shape index (κ3) is 4.32. The molecule has 0 spiro atoms. The summed E-state index contributed by atoms with van der Waals surface area (Å²) in [5.74, 6) is -0.182. The van der Waals surface area contributed by atoms with E-state index in [0.717, 1.165) is 17.7 Å². The van der Waals surface area contributed by atoms with Crippen molar-refractivity contribution in [3.8, 4) is 5.75 Å². The number of likely N-dealkylation sites (tertiary alicyclic amines) is 1. The number of fused-ring (bicyclic) bond motifs is 1. The van der Waals surface area contributed by atoms with E-state index in [4.69, 9.17) is 4.74 Å². The smallest absolute Gasteiger partial charge is 0.475 e. The standard InChI is InChI=1S/C17H23BN2O5/c21-16(7-9-20-8-3-6-17(20)22)19-15(18(23)24)10-12-11-25-14-5-2-1-4-13(12)14/h1-2,4-5,12,15,23-24H,3,6-11H2,(H,19,21)/t12-,15+/m1/s1. The molecule has 2 amide bonds. The molecule has 1 aromatic carbocycles. The number of ether oxygens (including phenoxy) is 1. The normalized spacial score (nSPS) is 20.2. The van der Waals surface area contributed by atoms with Gasteiger partial charge in [-0.2, -0.15) is 0 Å². The Bertz CT molecular complexity index is 639. The summed E-state index contributed by atoms with van der Waals surface area (Å²) in [4.78, 5) is 25.4. The average Bonchev–Trinajstić information content (AvgIpc) is 3.19. The van der Waals surface area contributed by atoms with Gasteiger partial charge in [-0.15, -0.1) is 0 Å². The van der Waals surface area contributed by atoms with Crippen LogP contribution in [-0.4, -0.2) is 59.5 Å². The van der Waals surface area contributed by atoms with Crippen LogP contribution in [0.25, 0.3) is 0 Å². The summed E-state index contributed by atoms with van der Waals surface area (Å²) >= 11 is 0. The molecule has 2 aliphatic rings. The number of benzene rings is 1. The van der Waals surface area contributed by atoms with Crippen LogP contribution in [0.4, 0.5) is 0 Å². The van der Waals surface area contributed by atoms with Crippen molar-refractivity contribution in [2.75, 3.05) is 19.7 Å². The molecule has 2 heterocycles. The molecule has 0 radical (unpaired) electrons. The van der Waals surface area contributed by atoms with Crippen LogP contribution < -0.4 is 10.1 Å². The van der Waals surface area contributed by atoms with Gasteiger partial charge in [0.2, 0.25) is 11.8 Å². The summed E-state index contributed by atoms with van der Waals surface area (Å²) in [7, 11) is -1.65. The molecule has 8 heteroatoms. The molecule has 2 atom stereocenters. The summed E-state index contributed by atoms with van der Waals surface area (Å²) in [5, 5.41) is 21.9. The van der Waals surface area contributed by atoms with E-state index in [2.05, 4.69) is 5.32 Å². The van der Waals surface area contributed by atoms with Gasteiger partial charge in [-0.1, -0.05) is 18.2 Å². The number of para-hydroxylation sites is 1. The molecule has 3 rings (SSSR count). The number of hydrogen-bond donors (Lipinski definition) is 3. The highest BCUT2D eigenvalue weighted by Gasteiger charge is 2.33. The Balaban J connectivity index is 1.53. The first kappa shape index (κ1) is 17.8. The molecule has 1 fully saturated rings. The molecule has 7 nitrogen and oxygen atoms in total. The van der Waals surface area contributed by atoms with Crippen LogP contribution in [0.5, 0.6) is 5.75 Å². The third-order valence-corrected chi connectivity index (χ3v) is 4.82. The Morgan fingerprint density at radius 1 is 1.40 bits per heavy atom. The van der Waals surface area contributed by atoms with Crippen LogP contribution in [0.2, 0.25) is 0 Å². The number of rotatable bonds is 7. The molecular weight excluding hydrogens is 323 g/mol. The number of carbonyl (C=O) groups is 2. The predicted molar refractivity (Wildman–Crippen MR) is 91.8 cm³/mol. The molecule has 0 aromatic heterocycles. The summed E-state index contributed by atoms with van der Waals surface area (Å²) in [6, 6.07) is 7.64. The minimum atomic E-state index is -1.65. The highest BCUT2D eigenvalue weighted by Crippen LogP contribution is 2.36. The predicted octanol–water partition coefficient (Wildman–Crippen LogP) is 0.0620. The molecule has 0 saturated carbocycles. The van der Waals surface area contributed by atoms with Crippen molar-refractivity contribution in [2.24, 2.45) is 0 Å². The highest BCUT2D eigenvalue weighted by atomic mass is 16.5. The first-order chi connectivity index (χ1) is 12.0. The Morgan fingerprint density at radius 2 is 2.20 bits per heavy atom. The molecule has 0 unspecified atom stereocenters. The zero-order valence-corrected chi connectivity index (χ0v) is 14.1. The zero-order chi connectivity index (χ0) is 17.8. The van der Waals surface area contributed by atoms with Crippen molar-refractivity contribution >= 4 is 18.9 Å². The molecule has 0 aliphatic carbocycles. The summed E-state index contributed by atoms with van der Waals surface area (Å²) in [5.41, 5.74) is 1.02. The van der Waals surface area contributed by atoms with Crippen LogP contribution >= 0.6 is 0 Å². The maximum Gasteiger partial charge on any atom is 0.475 e. The second-order valence-corrected chi connectivity index (χ2v) is 6.60. The van der Waals surface area contributed by atoms with Gasteiger partial charge in [-0.05, 0) is 18.9 Å². The number of carbonyl (C=O) groups excluding carboxylic acids is 2. The fourth-order valence-electron chi connectivity index (χ4n) is 3.44. The van der Waals surface area contributed by atoms with Crippen molar-refractivity contribution in [1.29, 1.82) is 0 Å². The van der Waals surface area contributed by atoms with Gasteiger partial charge >= 0.3 is 7.12 Å². The molecule has 1 aromatic rings. The number of nitrogens with one attached hydrogen (secondary N) is 1. The lowest BCUT2D eigenvalue weighted by molar-refractivity contribution is -0.128. The lowest BCUT2D eigenvalue weighted by atomic mass is 9.73. The minimum Gasteiger partial charge on any atom is -0.493 e. The maximum absolute atomic E-state index is 12.1. The fraction of sp³-hybridized carbons (Fsp3) is 0.529. The molecule has 25 heavy (non-hydrogen) atoms. The summed E-state index contributed by atoms with van der Waals surface area (Å²) < 4.78 is 5.60. The van der Waals surface area contributed by atoms with E-state index in [1.54, 1.807) is 4.90 Å². The van der Waals surface area contributed by atoms with E-state index >= 15 is 0 Å². The average molecular weight is 346 g/mol. The van der Waals surface area contributed by atoms with Crippen molar-refractivity contribution < 1.29 is 24.4 Å². The molecule has 0 bridgehead atoms. The van der Waals surface area contributed by atoms with Gasteiger partial charge in [0.05, 0.1) is 12.5 Å². The second-order valence-electron chi connectivity index (χ2n) is 6.60. The topological polar surface area (TPSA) is 99.1 Å². The van der Waals surface area contributed by atoms with Crippen LogP contribution in [0.1, 0.15) is 37.2 Å². The Morgan fingerprint density at radius 3 is 2.92 bits per heavy atom. The van der Waals surface area contributed by atoms with E-state index in [9.17, 15) is 19.6 Å². The monoisotopic (exact) mass is 346 g/mol. The van der Waals surface area contributed by atoms with E-state index in [-0.39, 0.29) is 24.2 Å². The van der Waals surface area contributed by atoms with Gasteiger partial charge in [-0.3, -0.25) is 9.59 Å². The third-order valence-electron chi connectivity index (χ3n) is 4.82. The lowest BCUT2D eigenvalue weighted by Gasteiger charge is -2.22. The minimum absolute atomic E-state index is 0.00320. The Kier molecular flexibility index (Phi) is 5.60. The van der Waals surface area contributed by atoms with Crippen LogP contribution in [0.3, 0.4) is 0 Å². The largest absolute Gasteiger partial charge is 0.493 e. The Labute approximate surface area is 147 Å². The van der Waals surface area contributed by atoms with Crippen molar-refractivity contribution in [1.82, 2.24) is 10.2 Å². The fourth-order valence-corrected chi connectivity index (χ4v) is 3.44. The van der Waals surface area contributed by atoms with Crippen LogP contribution in [0, 0.1) is 0 Å². The molecule has 3 N–H and O–H groups in total. The van der Waals surface area contributed by atoms with Crippen molar-refractivity contribution in [2.45, 2.75) is 37.5 Å².